The molecule has 10 nitrogen and oxygen atoms in total. The maximum Gasteiger partial charge on any atom is 0.256 e. The number of amides is 4. The molecule has 9 aliphatic rings. The largest absolute Gasteiger partial charge is 0.350 e. The molecule has 10 rings (SSSR count). The first-order valence-electron chi connectivity index (χ1n) is 32.8. The zero-order valence-electron chi connectivity index (χ0n) is 47.0. The van der Waals surface area contributed by atoms with Crippen LogP contribution in [0.25, 0.3) is 0 Å². The Morgan fingerprint density at radius 3 is 0.707 bits per heavy atom. The van der Waals surface area contributed by atoms with E-state index in [9.17, 15) is 0 Å². The number of aromatic nitrogens is 1. The maximum absolute atomic E-state index is 16.9. The van der Waals surface area contributed by atoms with Crippen molar-refractivity contribution in [2.75, 3.05) is 4.90 Å². The Kier molecular flexibility index (Phi) is 19.6. The molecule has 9 fully saturated rings. The zero-order chi connectivity index (χ0) is 51.5. The van der Waals surface area contributed by atoms with Crippen molar-refractivity contribution >= 4 is 29.3 Å². The fourth-order valence-electron chi connectivity index (χ4n) is 18.4. The summed E-state index contributed by atoms with van der Waals surface area (Å²) < 4.78 is 0. The fraction of sp³-hybridized carbons (Fsp3) is 0.862. The molecular weight excluding hydrogens is 929 g/mol. The fourth-order valence-corrected chi connectivity index (χ4v) is 18.4. The van der Waals surface area contributed by atoms with Gasteiger partial charge in [-0.2, -0.15) is 0 Å². The van der Waals surface area contributed by atoms with Crippen molar-refractivity contribution in [1.29, 1.82) is 0 Å². The molecule has 0 bridgehead atoms. The Balaban J connectivity index is 1.13. The average molecular weight is 1030 g/mol. The minimum atomic E-state index is -1.87. The van der Waals surface area contributed by atoms with Gasteiger partial charge in [-0.3, -0.25) is 24.2 Å². The third-order valence-electron chi connectivity index (χ3n) is 22.5. The molecule has 1 aromatic heterocycles. The van der Waals surface area contributed by atoms with Crippen LogP contribution in [0.15, 0.2) is 24.5 Å². The van der Waals surface area contributed by atoms with Crippen molar-refractivity contribution in [1.82, 2.24) is 26.3 Å². The monoisotopic (exact) mass is 1030 g/mol. The number of hydrogen-bond acceptors (Lipinski definition) is 6. The van der Waals surface area contributed by atoms with E-state index in [1.165, 1.54) is 154 Å². The highest BCUT2D eigenvalue weighted by molar-refractivity contribution is 6.21. The lowest BCUT2D eigenvalue weighted by atomic mass is 9.73. The van der Waals surface area contributed by atoms with Gasteiger partial charge in [0.05, 0.1) is 0 Å². The van der Waals surface area contributed by atoms with Gasteiger partial charge in [0.25, 0.3) is 23.6 Å². The number of nitrogens with zero attached hydrogens (tertiary/aromatic N) is 2. The van der Waals surface area contributed by atoms with E-state index in [0.717, 1.165) is 103 Å². The summed E-state index contributed by atoms with van der Waals surface area (Å²) in [7, 11) is 0. The van der Waals surface area contributed by atoms with E-state index < -0.39 is 11.1 Å². The van der Waals surface area contributed by atoms with Crippen molar-refractivity contribution in [3.8, 4) is 0 Å². The molecule has 8 aliphatic carbocycles. The molecule has 75 heavy (non-hydrogen) atoms. The van der Waals surface area contributed by atoms with Crippen LogP contribution in [0, 0.1) is 47.3 Å². The molecule has 4 N–H and O–H groups in total. The van der Waals surface area contributed by atoms with E-state index in [0.29, 0.717) is 53.0 Å². The first-order chi connectivity index (χ1) is 36.9. The first-order valence-corrected chi connectivity index (χ1v) is 32.8. The minimum absolute atomic E-state index is 0.0591. The van der Waals surface area contributed by atoms with Crippen molar-refractivity contribution in [2.45, 2.75) is 305 Å². The van der Waals surface area contributed by atoms with E-state index in [4.69, 9.17) is 0 Å². The number of pyridine rings is 1. The summed E-state index contributed by atoms with van der Waals surface area (Å²) in [5, 5.41) is 15.3. The molecule has 0 aromatic carbocycles. The summed E-state index contributed by atoms with van der Waals surface area (Å²) in [5.74, 6) is 1.56. The van der Waals surface area contributed by atoms with Crippen LogP contribution in [0.4, 0.5) is 5.69 Å². The van der Waals surface area contributed by atoms with Crippen molar-refractivity contribution in [3.05, 3.63) is 24.5 Å². The highest BCUT2D eigenvalue weighted by Crippen LogP contribution is 2.49. The Bertz CT molecular complexity index is 1650. The van der Waals surface area contributed by atoms with Crippen LogP contribution in [0.3, 0.4) is 0 Å². The zero-order valence-corrected chi connectivity index (χ0v) is 47.0. The second-order valence-electron chi connectivity index (χ2n) is 26.9. The van der Waals surface area contributed by atoms with Crippen LogP contribution in [0.5, 0.6) is 0 Å². The topological polar surface area (TPSA) is 133 Å². The molecule has 0 atom stereocenters. The molecule has 0 spiro atoms. The number of carbonyl (C=O) groups excluding carboxylic acids is 4. The predicted molar refractivity (Wildman–Crippen MR) is 302 cm³/mol. The first kappa shape index (κ1) is 55.2. The lowest BCUT2D eigenvalue weighted by molar-refractivity contribution is -0.141. The van der Waals surface area contributed by atoms with Crippen LogP contribution >= 0.6 is 0 Å². The summed E-state index contributed by atoms with van der Waals surface area (Å²) in [4.78, 5) is 74.0. The summed E-state index contributed by atoms with van der Waals surface area (Å²) in [6.45, 7) is 0. The number of rotatable bonds is 17. The smallest absolute Gasteiger partial charge is 0.256 e. The molecule has 1 aromatic rings. The van der Waals surface area contributed by atoms with Crippen LogP contribution in [-0.4, -0.2) is 63.9 Å². The van der Waals surface area contributed by atoms with Crippen LogP contribution in [-0.2, 0) is 19.2 Å². The second kappa shape index (κ2) is 26.7. The molecule has 2 heterocycles. The summed E-state index contributed by atoms with van der Waals surface area (Å²) in [6, 6.07) is 3.56. The van der Waals surface area contributed by atoms with Gasteiger partial charge in [0.1, 0.15) is 0 Å². The van der Waals surface area contributed by atoms with Crippen molar-refractivity contribution in [2.24, 2.45) is 47.3 Å². The van der Waals surface area contributed by atoms with Gasteiger partial charge in [-0.1, -0.05) is 154 Å². The molecule has 418 valence electrons. The van der Waals surface area contributed by atoms with E-state index in [-0.39, 0.29) is 60.6 Å². The second-order valence-corrected chi connectivity index (χ2v) is 26.9. The predicted octanol–water partition coefficient (Wildman–Crippen LogP) is 13.7. The van der Waals surface area contributed by atoms with Crippen molar-refractivity contribution in [3.63, 3.8) is 0 Å². The molecule has 1 aliphatic heterocycles. The van der Waals surface area contributed by atoms with Crippen molar-refractivity contribution < 1.29 is 19.2 Å². The minimum Gasteiger partial charge on any atom is -0.350 e. The SMILES string of the molecule is O=C(NC(C1CCCCC1)C1CCCCC1)C1(C(=O)NC(C2CCCCC2)C2CCCCC2)CCC(C(=O)NC(C2CCCCC2)C2CCCCC2)(C(=O)NC(C2CCCCC2)C2CCCCC2)N1c1ccncc1. The Morgan fingerprint density at radius 2 is 0.520 bits per heavy atom. The van der Waals surface area contributed by atoms with Crippen LogP contribution < -0.4 is 26.2 Å². The molecule has 0 unspecified atom stereocenters. The van der Waals surface area contributed by atoms with Gasteiger partial charge in [-0.15, -0.1) is 0 Å². The highest BCUT2D eigenvalue weighted by Gasteiger charge is 2.70. The van der Waals surface area contributed by atoms with Gasteiger partial charge in [0.15, 0.2) is 11.1 Å². The summed E-state index contributed by atoms with van der Waals surface area (Å²) >= 11 is 0. The number of nitrogens with one attached hydrogen (secondary N) is 4. The average Bonchev–Trinajstić information content (AvgIpc) is 3.87. The molecule has 4 amide bonds. The lowest BCUT2D eigenvalue weighted by Gasteiger charge is -2.49. The molecular formula is C65H104N6O4. The van der Waals surface area contributed by atoms with Gasteiger partial charge in [0, 0.05) is 42.2 Å². The molecule has 10 heteroatoms. The number of hydrogen-bond donors (Lipinski definition) is 4. The quantitative estimate of drug-likeness (QED) is 0.115. The third-order valence-corrected chi connectivity index (χ3v) is 22.5. The van der Waals surface area contributed by atoms with E-state index in [2.05, 4.69) is 26.3 Å². The van der Waals surface area contributed by atoms with Gasteiger partial charge in [-0.25, -0.2) is 0 Å². The van der Waals surface area contributed by atoms with Crippen LogP contribution in [0.1, 0.15) is 270 Å². The summed E-state index contributed by atoms with van der Waals surface area (Å²) in [6.07, 6.45) is 49.5. The van der Waals surface area contributed by atoms with Gasteiger partial charge >= 0.3 is 0 Å². The van der Waals surface area contributed by atoms with Crippen LogP contribution in [0.2, 0.25) is 0 Å². The third kappa shape index (κ3) is 12.5. The standard InChI is InChI=1S/C65H104N6O4/c72-60(67-56(47-25-9-1-10-26-47)48-27-11-2-12-28-48)64(61(73)68-57(49-29-13-3-14-30-49)50-31-15-4-16-32-50)43-44-65(71(64)55-41-45-66-46-42-55,62(74)69-58(51-33-17-5-18-34-51)52-35-19-6-20-36-52)63(75)70-59(53-37-21-7-22-38-53)54-39-23-8-24-40-54/h41-42,45-54,56-59H,1-40,43-44H2,(H,67,72)(H,68,73)(H,69,74)(H,70,75). The normalized spacial score (nSPS) is 25.9. The van der Waals surface area contributed by atoms with E-state index in [1.54, 1.807) is 12.4 Å². The number of carbonyl (C=O) groups is 4. The highest BCUT2D eigenvalue weighted by atomic mass is 16.2. The maximum atomic E-state index is 16.9. The molecule has 8 saturated carbocycles. The van der Waals surface area contributed by atoms with Gasteiger partial charge in [0.2, 0.25) is 0 Å². The van der Waals surface area contributed by atoms with Gasteiger partial charge in [-0.05, 0) is 175 Å². The molecule has 1 saturated heterocycles. The van der Waals surface area contributed by atoms with E-state index in [1.807, 2.05) is 17.0 Å². The van der Waals surface area contributed by atoms with Gasteiger partial charge < -0.3 is 26.2 Å². The number of anilines is 1. The lowest BCUT2D eigenvalue weighted by Crippen LogP contribution is -2.76. The Labute approximate surface area is 454 Å². The van der Waals surface area contributed by atoms with E-state index >= 15 is 19.2 Å². The Morgan fingerprint density at radius 1 is 0.333 bits per heavy atom. The summed E-state index contributed by atoms with van der Waals surface area (Å²) in [5.41, 5.74) is -3.17. The molecule has 0 radical (unpaired) electrons. The Hall–Kier alpha value is -3.17.